The number of rotatable bonds is 5. The second kappa shape index (κ2) is 9.30. The summed E-state index contributed by atoms with van der Waals surface area (Å²) in [7, 11) is 1.55. The fourth-order valence-corrected chi connectivity index (χ4v) is 4.82. The average Bonchev–Trinajstić information content (AvgIpc) is 3.63. The van der Waals surface area contributed by atoms with Crippen LogP contribution < -0.4 is 10.1 Å². The molecular weight excluding hydrogens is 453 g/mol. The van der Waals surface area contributed by atoms with E-state index in [4.69, 9.17) is 9.47 Å². The summed E-state index contributed by atoms with van der Waals surface area (Å²) in [4.78, 5) is 43.0. The first kappa shape index (κ1) is 23.3. The van der Waals surface area contributed by atoms with E-state index >= 15 is 0 Å². The van der Waals surface area contributed by atoms with E-state index in [9.17, 15) is 18.8 Å². The van der Waals surface area contributed by atoms with Gasteiger partial charge in [-0.3, -0.25) is 19.3 Å². The van der Waals surface area contributed by atoms with E-state index in [1.165, 1.54) is 29.2 Å². The lowest BCUT2D eigenvalue weighted by Gasteiger charge is -2.44. The van der Waals surface area contributed by atoms with Gasteiger partial charge in [0.05, 0.1) is 13.7 Å². The van der Waals surface area contributed by atoms with Gasteiger partial charge >= 0.3 is 0 Å². The van der Waals surface area contributed by atoms with Gasteiger partial charge in [0.15, 0.2) is 0 Å². The van der Waals surface area contributed by atoms with Gasteiger partial charge in [0.25, 0.3) is 11.8 Å². The number of ether oxygens (including phenoxy) is 2. The molecule has 8 nitrogen and oxygen atoms in total. The lowest BCUT2D eigenvalue weighted by atomic mass is 9.96. The maximum Gasteiger partial charge on any atom is 0.256 e. The molecule has 3 amide bonds. The summed E-state index contributed by atoms with van der Waals surface area (Å²) in [5.74, 6) is -0.595. The van der Waals surface area contributed by atoms with Crippen LogP contribution in [0.5, 0.6) is 5.75 Å². The maximum absolute atomic E-state index is 13.6. The SMILES string of the molecule is COc1cccc(C(=O)N2CCC3(CC2)OCC(C(=O)NC2CC2)N3C(=O)c2ccc(F)cc2)c1. The van der Waals surface area contributed by atoms with Crippen LogP contribution >= 0.6 is 0 Å². The van der Waals surface area contributed by atoms with Crippen LogP contribution in [0.1, 0.15) is 46.4 Å². The van der Waals surface area contributed by atoms with Crippen molar-refractivity contribution in [1.82, 2.24) is 15.1 Å². The van der Waals surface area contributed by atoms with Crippen molar-refractivity contribution >= 4 is 17.7 Å². The molecule has 2 aromatic carbocycles. The van der Waals surface area contributed by atoms with Gasteiger partial charge in [0.1, 0.15) is 23.3 Å². The number of amides is 3. The summed E-state index contributed by atoms with van der Waals surface area (Å²) >= 11 is 0. The minimum absolute atomic E-state index is 0.0787. The molecule has 1 N–H and O–H groups in total. The van der Waals surface area contributed by atoms with Gasteiger partial charge < -0.3 is 19.7 Å². The van der Waals surface area contributed by atoms with Crippen molar-refractivity contribution in [1.29, 1.82) is 0 Å². The van der Waals surface area contributed by atoms with Crippen LogP contribution in [0.4, 0.5) is 4.39 Å². The van der Waals surface area contributed by atoms with Crippen molar-refractivity contribution in [2.24, 2.45) is 0 Å². The number of carbonyl (C=O) groups excluding carboxylic acids is 3. The molecule has 35 heavy (non-hydrogen) atoms. The highest BCUT2D eigenvalue weighted by Gasteiger charge is 2.54. The molecule has 9 heteroatoms. The highest BCUT2D eigenvalue weighted by atomic mass is 19.1. The molecule has 1 unspecified atom stereocenters. The molecule has 2 heterocycles. The summed E-state index contributed by atoms with van der Waals surface area (Å²) in [5, 5.41) is 2.97. The summed E-state index contributed by atoms with van der Waals surface area (Å²) < 4.78 is 24.9. The number of nitrogens with one attached hydrogen (secondary N) is 1. The molecule has 1 spiro atoms. The fraction of sp³-hybridized carbons (Fsp3) is 0.423. The van der Waals surface area contributed by atoms with Crippen molar-refractivity contribution < 1.29 is 28.2 Å². The first-order valence-corrected chi connectivity index (χ1v) is 11.9. The number of carbonyl (C=O) groups is 3. The standard InChI is InChI=1S/C26H28FN3O5/c1-34-21-4-2-3-18(15-21)24(32)29-13-11-26(12-14-29)30(25(33)17-5-7-19(27)8-6-17)22(16-35-26)23(31)28-20-9-10-20/h2-8,15,20,22H,9-14,16H2,1H3,(H,28,31). The van der Waals surface area contributed by atoms with Crippen molar-refractivity contribution in [2.45, 2.75) is 43.5 Å². The van der Waals surface area contributed by atoms with Crippen LogP contribution in [-0.2, 0) is 9.53 Å². The number of benzene rings is 2. The first-order chi connectivity index (χ1) is 16.9. The largest absolute Gasteiger partial charge is 0.497 e. The molecule has 0 radical (unpaired) electrons. The van der Waals surface area contributed by atoms with Crippen molar-refractivity contribution in [3.05, 3.63) is 65.5 Å². The van der Waals surface area contributed by atoms with Crippen LogP contribution in [-0.4, -0.2) is 72.1 Å². The molecule has 1 aliphatic carbocycles. The third-order valence-electron chi connectivity index (χ3n) is 6.95. The number of methoxy groups -OCH3 is 1. The molecule has 1 atom stereocenters. The van der Waals surface area contributed by atoms with E-state index in [-0.39, 0.29) is 35.9 Å². The normalized spacial score (nSPS) is 21.1. The maximum atomic E-state index is 13.6. The minimum atomic E-state index is -1.01. The molecule has 3 fully saturated rings. The zero-order chi connectivity index (χ0) is 24.6. The Morgan fingerprint density at radius 3 is 2.40 bits per heavy atom. The second-order valence-corrected chi connectivity index (χ2v) is 9.26. The van der Waals surface area contributed by atoms with Gasteiger partial charge in [-0.2, -0.15) is 0 Å². The Balaban J connectivity index is 1.36. The van der Waals surface area contributed by atoms with Crippen molar-refractivity contribution in [3.8, 4) is 5.75 Å². The lowest BCUT2D eigenvalue weighted by Crippen LogP contribution is -2.60. The zero-order valence-electron chi connectivity index (χ0n) is 19.5. The smallest absolute Gasteiger partial charge is 0.256 e. The Hall–Kier alpha value is -3.46. The number of nitrogens with zero attached hydrogens (tertiary/aromatic N) is 2. The van der Waals surface area contributed by atoms with Gasteiger partial charge in [0, 0.05) is 43.1 Å². The van der Waals surface area contributed by atoms with Crippen LogP contribution in [0.2, 0.25) is 0 Å². The van der Waals surface area contributed by atoms with E-state index in [2.05, 4.69) is 5.32 Å². The third kappa shape index (κ3) is 4.60. The van der Waals surface area contributed by atoms with E-state index in [0.29, 0.717) is 37.2 Å². The minimum Gasteiger partial charge on any atom is -0.497 e. The molecule has 1 saturated carbocycles. The molecule has 5 rings (SSSR count). The highest BCUT2D eigenvalue weighted by molar-refractivity contribution is 5.99. The molecular formula is C26H28FN3O5. The Bertz CT molecular complexity index is 1130. The van der Waals surface area contributed by atoms with E-state index in [0.717, 1.165) is 12.8 Å². The van der Waals surface area contributed by atoms with Gasteiger partial charge in [-0.05, 0) is 55.3 Å². The lowest BCUT2D eigenvalue weighted by molar-refractivity contribution is -0.128. The van der Waals surface area contributed by atoms with Gasteiger partial charge in [-0.1, -0.05) is 6.07 Å². The fourth-order valence-electron chi connectivity index (χ4n) is 4.82. The van der Waals surface area contributed by atoms with Crippen LogP contribution in [0.15, 0.2) is 48.5 Å². The predicted molar refractivity (Wildman–Crippen MR) is 124 cm³/mol. The summed E-state index contributed by atoms with van der Waals surface area (Å²) in [5.41, 5.74) is -0.203. The molecule has 2 aliphatic heterocycles. The molecule has 0 bridgehead atoms. The summed E-state index contributed by atoms with van der Waals surface area (Å²) in [6.07, 6.45) is 2.58. The van der Waals surface area contributed by atoms with Crippen LogP contribution in [0.3, 0.4) is 0 Å². The summed E-state index contributed by atoms with van der Waals surface area (Å²) in [6.45, 7) is 0.801. The molecule has 184 valence electrons. The van der Waals surface area contributed by atoms with Crippen LogP contribution in [0.25, 0.3) is 0 Å². The molecule has 2 aromatic rings. The first-order valence-electron chi connectivity index (χ1n) is 11.9. The predicted octanol–water partition coefficient (Wildman–Crippen LogP) is 2.59. The van der Waals surface area contributed by atoms with E-state index in [1.807, 2.05) is 0 Å². The van der Waals surface area contributed by atoms with Crippen molar-refractivity contribution in [2.75, 3.05) is 26.8 Å². The average molecular weight is 482 g/mol. The number of hydrogen-bond donors (Lipinski definition) is 1. The Morgan fingerprint density at radius 1 is 1.03 bits per heavy atom. The summed E-state index contributed by atoms with van der Waals surface area (Å²) in [6, 6.07) is 11.6. The second-order valence-electron chi connectivity index (χ2n) is 9.26. The van der Waals surface area contributed by atoms with Crippen LogP contribution in [0, 0.1) is 5.82 Å². The topological polar surface area (TPSA) is 88.2 Å². The number of hydrogen-bond acceptors (Lipinski definition) is 5. The quantitative estimate of drug-likeness (QED) is 0.709. The van der Waals surface area contributed by atoms with Crippen molar-refractivity contribution in [3.63, 3.8) is 0 Å². The third-order valence-corrected chi connectivity index (χ3v) is 6.95. The van der Waals surface area contributed by atoms with Gasteiger partial charge in [-0.15, -0.1) is 0 Å². The Kier molecular flexibility index (Phi) is 6.19. The number of piperidine rings is 1. The zero-order valence-corrected chi connectivity index (χ0v) is 19.5. The number of halogens is 1. The molecule has 2 saturated heterocycles. The number of likely N-dealkylation sites (tertiary alicyclic amines) is 1. The highest BCUT2D eigenvalue weighted by Crippen LogP contribution is 2.39. The Morgan fingerprint density at radius 2 is 1.74 bits per heavy atom. The van der Waals surface area contributed by atoms with Gasteiger partial charge in [0.2, 0.25) is 5.91 Å². The Labute approximate surface area is 203 Å². The molecule has 0 aromatic heterocycles. The van der Waals surface area contributed by atoms with E-state index in [1.54, 1.807) is 36.3 Å². The molecule has 3 aliphatic rings. The van der Waals surface area contributed by atoms with Gasteiger partial charge in [-0.25, -0.2) is 4.39 Å². The monoisotopic (exact) mass is 481 g/mol. The van der Waals surface area contributed by atoms with E-state index < -0.39 is 17.6 Å².